The predicted octanol–water partition coefficient (Wildman–Crippen LogP) is 8.87. The summed E-state index contributed by atoms with van der Waals surface area (Å²) in [5, 5.41) is 1.48. The average Bonchev–Trinajstić information content (AvgIpc) is 2.69. The van der Waals surface area contributed by atoms with Crippen LogP contribution in [0.3, 0.4) is 0 Å². The maximum atomic E-state index is 9.87. The maximum Gasteiger partial charge on any atom is 2.00 e. The minimum atomic E-state index is -10.7. The molecule has 0 radical (unpaired) electrons. The van der Waals surface area contributed by atoms with Crippen LogP contribution in [0.5, 0.6) is 0 Å². The van der Waals surface area contributed by atoms with Crippen molar-refractivity contribution in [2.75, 3.05) is 27.4 Å². The van der Waals surface area contributed by atoms with Gasteiger partial charge in [-0.3, -0.25) is 0 Å². The van der Waals surface area contributed by atoms with E-state index < -0.39 is 7.81 Å². The van der Waals surface area contributed by atoms with Gasteiger partial charge in [0, 0.05) is 6.54 Å². The molecule has 3 aromatic carbocycles. The largest absolute Gasteiger partial charge is 2.00 e. The van der Waals surface area contributed by atoms with E-state index in [0.717, 1.165) is 6.54 Å². The van der Waals surface area contributed by atoms with Crippen LogP contribution in [-0.4, -0.2) is 32.3 Å². The zero-order chi connectivity index (χ0) is 24.7. The Hall–Kier alpha value is -1.32. The van der Waals surface area contributed by atoms with Crippen LogP contribution in [0.2, 0.25) is 0 Å². The first-order valence-electron chi connectivity index (χ1n) is 9.52. The van der Waals surface area contributed by atoms with Gasteiger partial charge in [0.1, 0.15) is 0 Å². The van der Waals surface area contributed by atoms with E-state index in [0.29, 0.717) is 0 Å². The van der Waals surface area contributed by atoms with Crippen LogP contribution in [-0.2, 0) is 26.0 Å². The molecule has 3 aromatic rings. The van der Waals surface area contributed by atoms with Crippen molar-refractivity contribution in [3.05, 3.63) is 103 Å². The molecule has 0 saturated carbocycles. The second-order valence-electron chi connectivity index (χ2n) is 7.07. The second-order valence-corrected chi connectivity index (χ2v) is 11.3. The summed E-state index contributed by atoms with van der Waals surface area (Å²) in [7, 11) is -6.40. The molecule has 0 bridgehead atoms. The summed E-state index contributed by atoms with van der Waals surface area (Å²) in [6.07, 6.45) is 0. The van der Waals surface area contributed by atoms with Crippen LogP contribution in [0, 0.1) is 0 Å². The summed E-state index contributed by atoms with van der Waals surface area (Å²) in [6.45, 7) is 5.57. The Kier molecular flexibility index (Phi) is 15.2. The van der Waals surface area contributed by atoms with Gasteiger partial charge in [-0.2, -0.15) is 0 Å². The number of halogens is 6. The topological polar surface area (TPSA) is 3.24 Å². The molecule has 0 spiro atoms. The van der Waals surface area contributed by atoms with Crippen molar-refractivity contribution in [1.29, 1.82) is 0 Å². The number of hydrogen-bond acceptors (Lipinski definition) is 1. The Morgan fingerprint density at radius 3 is 1.12 bits per heavy atom. The van der Waals surface area contributed by atoms with Crippen LogP contribution in [0.15, 0.2) is 97.1 Å². The quantitative estimate of drug-likeness (QED) is 0.166. The Bertz CT molecular complexity index is 810. The van der Waals surface area contributed by atoms with Gasteiger partial charge in [0.05, 0.1) is 0 Å². The molecule has 0 amide bonds. The molecule has 33 heavy (non-hydrogen) atoms. The third kappa shape index (κ3) is 30.7. The standard InChI is InChI=1S/C9H13N.C8H11P.C6H6.F6P.Ru/c1-10(2)8-9-6-4-3-5-7-9;1-9(2)8-6-4-3-5-7-8;1-2-4-6-5-3-1;1-7(2,3,4,5)6;/h3-7H,8H2,1-2H3;3-7H,1-2H3;1-6H;;/q;;;-1;+2. The molecule has 0 heterocycles. The minimum absolute atomic E-state index is 0. The molecule has 10 heteroatoms. The summed E-state index contributed by atoms with van der Waals surface area (Å²) in [6, 6.07) is 33.1. The van der Waals surface area contributed by atoms with Crippen LogP contribution >= 0.6 is 15.7 Å². The van der Waals surface area contributed by atoms with Crippen molar-refractivity contribution in [3.63, 3.8) is 0 Å². The van der Waals surface area contributed by atoms with Crippen molar-refractivity contribution in [3.8, 4) is 0 Å². The molecule has 0 unspecified atom stereocenters. The van der Waals surface area contributed by atoms with Gasteiger partial charge in [0.25, 0.3) is 0 Å². The molecule has 0 aliphatic rings. The third-order valence-corrected chi connectivity index (χ3v) is 4.61. The molecule has 1 nitrogen and oxygen atoms in total. The zero-order valence-electron chi connectivity index (χ0n) is 18.9. The van der Waals surface area contributed by atoms with E-state index in [1.807, 2.05) is 42.5 Å². The first-order valence-corrected chi connectivity index (χ1v) is 13.8. The molecule has 0 saturated heterocycles. The van der Waals surface area contributed by atoms with Gasteiger partial charge in [-0.1, -0.05) is 105 Å². The van der Waals surface area contributed by atoms with E-state index in [1.54, 1.807) is 0 Å². The first kappa shape index (κ1) is 33.9. The number of rotatable bonds is 3. The summed E-state index contributed by atoms with van der Waals surface area (Å²) >= 11 is 0. The van der Waals surface area contributed by atoms with Gasteiger partial charge in [-0.15, -0.1) is 0 Å². The van der Waals surface area contributed by atoms with Gasteiger partial charge in [0.15, 0.2) is 0 Å². The van der Waals surface area contributed by atoms with Crippen molar-refractivity contribution in [2.45, 2.75) is 6.54 Å². The van der Waals surface area contributed by atoms with Crippen molar-refractivity contribution < 1.29 is 44.7 Å². The molecule has 0 fully saturated rings. The fourth-order valence-electron chi connectivity index (χ4n) is 2.06. The molecule has 3 rings (SSSR count). The second kappa shape index (κ2) is 14.8. The molecule has 0 aliphatic carbocycles. The molecular weight excluding hydrogens is 567 g/mol. The number of benzene rings is 3. The van der Waals surface area contributed by atoms with Gasteiger partial charge >= 0.3 is 52.5 Å². The number of hydrogen-bond donors (Lipinski definition) is 0. The summed E-state index contributed by atoms with van der Waals surface area (Å²) < 4.78 is 59.2. The fourth-order valence-corrected chi connectivity index (χ4v) is 2.83. The number of nitrogens with zero attached hydrogens (tertiary/aromatic N) is 1. The molecule has 0 atom stereocenters. The van der Waals surface area contributed by atoms with E-state index in [-0.39, 0.29) is 27.4 Å². The van der Waals surface area contributed by atoms with Gasteiger partial charge < -0.3 is 4.90 Å². The van der Waals surface area contributed by atoms with E-state index >= 15 is 0 Å². The van der Waals surface area contributed by atoms with Gasteiger partial charge in [0.2, 0.25) is 0 Å². The molecule has 0 N–H and O–H groups in total. The predicted molar refractivity (Wildman–Crippen MR) is 129 cm³/mol. The van der Waals surface area contributed by atoms with Crippen LogP contribution in [0.1, 0.15) is 5.56 Å². The van der Waals surface area contributed by atoms with E-state index in [1.165, 1.54) is 10.9 Å². The van der Waals surface area contributed by atoms with Gasteiger partial charge in [-0.05, 0) is 38.3 Å². The van der Waals surface area contributed by atoms with E-state index in [9.17, 15) is 25.2 Å². The van der Waals surface area contributed by atoms with E-state index in [2.05, 4.69) is 86.9 Å². The third-order valence-electron chi connectivity index (χ3n) is 3.28. The molecule has 0 aromatic heterocycles. The fraction of sp³-hybridized carbons (Fsp3) is 0.217. The normalized spacial score (nSPS) is 12.2. The molecular formula is C23H30F6NP2Ru+. The van der Waals surface area contributed by atoms with Crippen molar-refractivity contribution in [2.24, 2.45) is 0 Å². The van der Waals surface area contributed by atoms with Crippen LogP contribution in [0.25, 0.3) is 0 Å². The van der Waals surface area contributed by atoms with Crippen molar-refractivity contribution in [1.82, 2.24) is 4.90 Å². The monoisotopic (exact) mass is 598 g/mol. The molecule has 186 valence electrons. The van der Waals surface area contributed by atoms with Crippen LogP contribution < -0.4 is 5.30 Å². The average molecular weight is 598 g/mol. The minimum Gasteiger partial charge on any atom is -0.0623 e. The Labute approximate surface area is 207 Å². The SMILES string of the molecule is CN(C)Cc1ccccc1.CP(C)c1ccccc1.F[P-](F)(F)(F)(F)F.[Ru+2].c1ccccc1. The Morgan fingerprint density at radius 1 is 0.606 bits per heavy atom. The van der Waals surface area contributed by atoms with Crippen LogP contribution in [0.4, 0.5) is 25.2 Å². The van der Waals surface area contributed by atoms with Gasteiger partial charge in [-0.25, -0.2) is 0 Å². The summed E-state index contributed by atoms with van der Waals surface area (Å²) in [5.74, 6) is 0. The maximum absolute atomic E-state index is 10.7. The van der Waals surface area contributed by atoms with E-state index in [4.69, 9.17) is 0 Å². The summed E-state index contributed by atoms with van der Waals surface area (Å²) in [4.78, 5) is 2.16. The van der Waals surface area contributed by atoms with Crippen molar-refractivity contribution >= 4 is 21.0 Å². The Balaban J connectivity index is 0. The first-order chi connectivity index (χ1) is 14.5. The summed E-state index contributed by atoms with van der Waals surface area (Å²) in [5.41, 5.74) is 1.37. The zero-order valence-corrected chi connectivity index (χ0v) is 22.4. The Morgan fingerprint density at radius 2 is 0.879 bits per heavy atom. The molecule has 0 aliphatic heterocycles. The smallest absolute Gasteiger partial charge is 0.0623 e.